The van der Waals surface area contributed by atoms with Crippen molar-refractivity contribution in [1.29, 1.82) is 0 Å². The summed E-state index contributed by atoms with van der Waals surface area (Å²) in [5, 5.41) is 4.49. The highest BCUT2D eigenvalue weighted by molar-refractivity contribution is 7.22. The molecular weight excluding hydrogens is 464 g/mol. The number of piperazine rings is 1. The standard InChI is InChI=1S/C22H25ClN6O3S/c1-2-32-20(30)18-19(25-17-5-3-4-8-29(17)18)26-21(31)27-9-11-28(12-10-27)22-24-15-7-6-14(23)13-16(15)33-22/h6-7,13H,2-5,8-12H2,1H3,(H,26,31). The SMILES string of the molecule is CCOC(=O)c1c(NC(=O)N2CCN(c3nc4ccc(Cl)cc4s3)CC2)nc2n1CCCC2. The summed E-state index contributed by atoms with van der Waals surface area (Å²) in [5.74, 6) is 0.662. The van der Waals surface area contributed by atoms with Gasteiger partial charge >= 0.3 is 12.0 Å². The summed E-state index contributed by atoms with van der Waals surface area (Å²) in [7, 11) is 0. The average Bonchev–Trinajstić information content (AvgIpc) is 3.40. The highest BCUT2D eigenvalue weighted by Gasteiger charge is 2.29. The number of aromatic nitrogens is 3. The van der Waals surface area contributed by atoms with Gasteiger partial charge in [-0.3, -0.25) is 5.32 Å². The Bertz CT molecular complexity index is 1200. The Balaban J connectivity index is 1.27. The summed E-state index contributed by atoms with van der Waals surface area (Å²) >= 11 is 7.70. The lowest BCUT2D eigenvalue weighted by Gasteiger charge is -2.34. The smallest absolute Gasteiger partial charge is 0.358 e. The molecule has 0 bridgehead atoms. The van der Waals surface area contributed by atoms with Crippen molar-refractivity contribution in [2.24, 2.45) is 0 Å². The first kappa shape index (κ1) is 22.0. The van der Waals surface area contributed by atoms with Crippen LogP contribution in [0.5, 0.6) is 0 Å². The Morgan fingerprint density at radius 3 is 2.76 bits per heavy atom. The molecule has 2 aliphatic heterocycles. The number of carbonyl (C=O) groups is 2. The minimum Gasteiger partial charge on any atom is -0.461 e. The molecule has 4 heterocycles. The zero-order valence-corrected chi connectivity index (χ0v) is 19.9. The quantitative estimate of drug-likeness (QED) is 0.558. The molecule has 3 aromatic rings. The lowest BCUT2D eigenvalue weighted by molar-refractivity contribution is 0.0514. The van der Waals surface area contributed by atoms with Gasteiger partial charge < -0.3 is 19.1 Å². The molecule has 0 saturated carbocycles. The molecule has 0 radical (unpaired) electrons. The van der Waals surface area contributed by atoms with E-state index in [0.717, 1.165) is 40.4 Å². The summed E-state index contributed by atoms with van der Waals surface area (Å²) in [6, 6.07) is 5.43. The fraction of sp³-hybridized carbons (Fsp3) is 0.455. The molecule has 33 heavy (non-hydrogen) atoms. The van der Waals surface area contributed by atoms with Crippen molar-refractivity contribution in [1.82, 2.24) is 19.4 Å². The van der Waals surface area contributed by atoms with Crippen LogP contribution in [0.4, 0.5) is 15.7 Å². The molecule has 2 aliphatic rings. The van der Waals surface area contributed by atoms with Gasteiger partial charge in [0.25, 0.3) is 0 Å². The van der Waals surface area contributed by atoms with E-state index in [1.54, 1.807) is 23.2 Å². The van der Waals surface area contributed by atoms with E-state index in [2.05, 4.69) is 15.2 Å². The molecule has 0 atom stereocenters. The van der Waals surface area contributed by atoms with Crippen molar-refractivity contribution in [3.63, 3.8) is 0 Å². The van der Waals surface area contributed by atoms with E-state index in [1.165, 1.54) is 0 Å². The van der Waals surface area contributed by atoms with Gasteiger partial charge in [-0.15, -0.1) is 0 Å². The van der Waals surface area contributed by atoms with Crippen LogP contribution in [0.3, 0.4) is 0 Å². The van der Waals surface area contributed by atoms with E-state index in [4.69, 9.17) is 21.3 Å². The number of ether oxygens (including phenoxy) is 1. The largest absolute Gasteiger partial charge is 0.461 e. The third-order valence-corrected chi connectivity index (χ3v) is 7.26. The first-order valence-corrected chi connectivity index (χ1v) is 12.4. The lowest BCUT2D eigenvalue weighted by atomic mass is 10.1. The highest BCUT2D eigenvalue weighted by atomic mass is 35.5. The van der Waals surface area contributed by atoms with Crippen LogP contribution in [-0.4, -0.2) is 64.2 Å². The maximum atomic E-state index is 13.0. The third kappa shape index (κ3) is 4.37. The van der Waals surface area contributed by atoms with Crippen LogP contribution in [0.25, 0.3) is 10.2 Å². The van der Waals surface area contributed by atoms with E-state index in [-0.39, 0.29) is 12.6 Å². The van der Waals surface area contributed by atoms with Gasteiger partial charge in [-0.1, -0.05) is 22.9 Å². The number of halogens is 1. The second-order valence-corrected chi connectivity index (χ2v) is 9.51. The van der Waals surface area contributed by atoms with E-state index in [9.17, 15) is 9.59 Å². The predicted octanol–water partition coefficient (Wildman–Crippen LogP) is 4.01. The molecule has 0 unspecified atom stereocenters. The number of nitrogens with one attached hydrogen (secondary N) is 1. The number of anilines is 2. The van der Waals surface area contributed by atoms with Crippen molar-refractivity contribution in [2.75, 3.05) is 43.0 Å². The highest BCUT2D eigenvalue weighted by Crippen LogP contribution is 2.31. The van der Waals surface area contributed by atoms with Gasteiger partial charge in [-0.05, 0) is 38.0 Å². The number of fused-ring (bicyclic) bond motifs is 2. The summed E-state index contributed by atoms with van der Waals surface area (Å²) in [6.07, 6.45) is 2.78. The lowest BCUT2D eigenvalue weighted by Crippen LogP contribution is -2.50. The first-order valence-electron chi connectivity index (χ1n) is 11.2. The molecule has 1 fully saturated rings. The number of benzene rings is 1. The number of aryl methyl sites for hydroxylation is 1. The van der Waals surface area contributed by atoms with Gasteiger partial charge in [0.05, 0.1) is 16.8 Å². The van der Waals surface area contributed by atoms with E-state index in [0.29, 0.717) is 49.3 Å². The summed E-state index contributed by atoms with van der Waals surface area (Å²) < 4.78 is 8.16. The topological polar surface area (TPSA) is 92.6 Å². The molecule has 174 valence electrons. The molecule has 0 aliphatic carbocycles. The number of hydrogen-bond donors (Lipinski definition) is 1. The average molecular weight is 489 g/mol. The van der Waals surface area contributed by atoms with Crippen molar-refractivity contribution < 1.29 is 14.3 Å². The van der Waals surface area contributed by atoms with Crippen LogP contribution in [0, 0.1) is 0 Å². The van der Waals surface area contributed by atoms with Crippen LogP contribution in [0.15, 0.2) is 18.2 Å². The molecule has 2 amide bonds. The number of nitrogens with zero attached hydrogens (tertiary/aromatic N) is 5. The minimum atomic E-state index is -0.450. The summed E-state index contributed by atoms with van der Waals surface area (Å²) in [6.45, 7) is 5.18. The first-order chi connectivity index (χ1) is 16.0. The van der Waals surface area contributed by atoms with E-state index in [1.807, 2.05) is 22.8 Å². The molecule has 1 N–H and O–H groups in total. The molecule has 5 rings (SSSR count). The molecule has 11 heteroatoms. The van der Waals surface area contributed by atoms with Crippen LogP contribution in [-0.2, 0) is 17.7 Å². The molecular formula is C22H25ClN6O3S. The maximum Gasteiger partial charge on any atom is 0.358 e. The molecule has 9 nitrogen and oxygen atoms in total. The predicted molar refractivity (Wildman–Crippen MR) is 129 cm³/mol. The number of rotatable bonds is 4. The Hall–Kier alpha value is -2.85. The Kier molecular flexibility index (Phi) is 6.11. The van der Waals surface area contributed by atoms with Crippen molar-refractivity contribution in [3.8, 4) is 0 Å². The number of urea groups is 1. The fourth-order valence-corrected chi connectivity index (χ4v) is 5.57. The molecule has 0 spiro atoms. The number of carbonyl (C=O) groups excluding carboxylic acids is 2. The van der Waals surface area contributed by atoms with Gasteiger partial charge in [-0.25, -0.2) is 19.6 Å². The number of amides is 2. The van der Waals surface area contributed by atoms with Crippen molar-refractivity contribution in [2.45, 2.75) is 32.7 Å². The van der Waals surface area contributed by atoms with Crippen LogP contribution in [0.1, 0.15) is 36.1 Å². The zero-order chi connectivity index (χ0) is 22.9. The van der Waals surface area contributed by atoms with E-state index < -0.39 is 5.97 Å². The second-order valence-electron chi connectivity index (χ2n) is 8.07. The normalized spacial score (nSPS) is 16.1. The summed E-state index contributed by atoms with van der Waals surface area (Å²) in [4.78, 5) is 38.8. The number of esters is 1. The Morgan fingerprint density at radius 1 is 1.15 bits per heavy atom. The van der Waals surface area contributed by atoms with Gasteiger partial charge in [0.15, 0.2) is 16.6 Å². The molecule has 1 aromatic carbocycles. The number of thiazole rings is 1. The van der Waals surface area contributed by atoms with Crippen molar-refractivity contribution >= 4 is 56.1 Å². The molecule has 1 saturated heterocycles. The zero-order valence-electron chi connectivity index (χ0n) is 18.3. The van der Waals surface area contributed by atoms with Crippen LogP contribution in [0.2, 0.25) is 5.02 Å². The molecule has 2 aromatic heterocycles. The van der Waals surface area contributed by atoms with Crippen LogP contribution < -0.4 is 10.2 Å². The Labute approximate surface area is 200 Å². The monoisotopic (exact) mass is 488 g/mol. The fourth-order valence-electron chi connectivity index (χ4n) is 4.28. The second kappa shape index (κ2) is 9.18. The van der Waals surface area contributed by atoms with Gasteiger partial charge in [-0.2, -0.15) is 0 Å². The third-order valence-electron chi connectivity index (χ3n) is 5.95. The summed E-state index contributed by atoms with van der Waals surface area (Å²) in [5.41, 5.74) is 1.27. The Morgan fingerprint density at radius 2 is 1.97 bits per heavy atom. The van der Waals surface area contributed by atoms with E-state index >= 15 is 0 Å². The van der Waals surface area contributed by atoms with Crippen molar-refractivity contribution in [3.05, 3.63) is 34.7 Å². The van der Waals surface area contributed by atoms with Gasteiger partial charge in [0, 0.05) is 44.2 Å². The van der Waals surface area contributed by atoms with Gasteiger partial charge in [0.2, 0.25) is 0 Å². The van der Waals surface area contributed by atoms with Gasteiger partial charge in [0.1, 0.15) is 5.82 Å². The number of hydrogen-bond acceptors (Lipinski definition) is 7. The number of imidazole rings is 1. The minimum absolute atomic E-state index is 0.258. The van der Waals surface area contributed by atoms with Crippen LogP contribution >= 0.6 is 22.9 Å². The maximum absolute atomic E-state index is 13.0.